The molecule has 1 aliphatic heterocycles. The summed E-state index contributed by atoms with van der Waals surface area (Å²) in [5.74, 6) is 0. The maximum atomic E-state index is 12.2. The van der Waals surface area contributed by atoms with Crippen molar-refractivity contribution in [1.29, 1.82) is 0 Å². The molecule has 1 heterocycles. The van der Waals surface area contributed by atoms with Crippen molar-refractivity contribution < 1.29 is 8.42 Å². The van der Waals surface area contributed by atoms with Gasteiger partial charge in [-0.1, -0.05) is 13.0 Å². The number of likely N-dealkylation sites (tertiary alicyclic amines) is 1. The smallest absolute Gasteiger partial charge is 0.242 e. The topological polar surface area (TPSA) is 64.7 Å². The first-order valence-corrected chi connectivity index (χ1v) is 10.0. The number of hydrogen-bond acceptors (Lipinski definition) is 4. The van der Waals surface area contributed by atoms with Gasteiger partial charge in [-0.3, -0.25) is 4.90 Å². The molecule has 0 aliphatic carbocycles. The first kappa shape index (κ1) is 19.1. The van der Waals surface area contributed by atoms with Crippen LogP contribution in [0, 0.1) is 0 Å². The van der Waals surface area contributed by atoms with E-state index in [0.29, 0.717) is 16.8 Å². The van der Waals surface area contributed by atoms with Crippen LogP contribution in [0.3, 0.4) is 0 Å². The molecule has 1 fully saturated rings. The Morgan fingerprint density at radius 2 is 2.17 bits per heavy atom. The van der Waals surface area contributed by atoms with Gasteiger partial charge in [-0.2, -0.15) is 0 Å². The molecular weight excluding hydrogens is 344 g/mol. The lowest BCUT2D eigenvalue weighted by Gasteiger charge is -2.23. The van der Waals surface area contributed by atoms with Gasteiger partial charge in [0.05, 0.1) is 4.90 Å². The SMILES string of the molecule is CCN1CCCC1CNC(=S)Nc1cccc(S(=O)(=O)N(C)C)c1. The van der Waals surface area contributed by atoms with Crippen molar-refractivity contribution in [2.75, 3.05) is 39.0 Å². The Kier molecular flexibility index (Phi) is 6.56. The van der Waals surface area contributed by atoms with E-state index in [1.54, 1.807) is 24.3 Å². The van der Waals surface area contributed by atoms with Crippen molar-refractivity contribution in [3.8, 4) is 0 Å². The molecule has 6 nitrogen and oxygen atoms in total. The molecule has 0 aromatic heterocycles. The van der Waals surface area contributed by atoms with Gasteiger partial charge >= 0.3 is 0 Å². The summed E-state index contributed by atoms with van der Waals surface area (Å²) in [6.07, 6.45) is 2.41. The zero-order chi connectivity index (χ0) is 17.7. The minimum Gasteiger partial charge on any atom is -0.361 e. The second-order valence-corrected chi connectivity index (χ2v) is 8.64. The number of nitrogens with zero attached hydrogens (tertiary/aromatic N) is 2. The molecule has 1 unspecified atom stereocenters. The third-order valence-corrected chi connectivity index (χ3v) is 6.33. The number of likely N-dealkylation sites (N-methyl/N-ethyl adjacent to an activating group) is 1. The van der Waals surface area contributed by atoms with Gasteiger partial charge < -0.3 is 10.6 Å². The summed E-state index contributed by atoms with van der Waals surface area (Å²) in [4.78, 5) is 2.69. The lowest BCUT2D eigenvalue weighted by Crippen LogP contribution is -2.41. The Morgan fingerprint density at radius 1 is 1.42 bits per heavy atom. The first-order chi connectivity index (χ1) is 11.3. The zero-order valence-corrected chi connectivity index (χ0v) is 16.1. The number of nitrogens with one attached hydrogen (secondary N) is 2. The van der Waals surface area contributed by atoms with E-state index in [9.17, 15) is 8.42 Å². The number of thiocarbonyl (C=S) groups is 1. The van der Waals surface area contributed by atoms with E-state index >= 15 is 0 Å². The van der Waals surface area contributed by atoms with Gasteiger partial charge in [0.25, 0.3) is 0 Å². The summed E-state index contributed by atoms with van der Waals surface area (Å²) in [5, 5.41) is 6.82. The molecule has 1 saturated heterocycles. The van der Waals surface area contributed by atoms with Gasteiger partial charge in [-0.05, 0) is 56.3 Å². The van der Waals surface area contributed by atoms with Crippen molar-refractivity contribution in [1.82, 2.24) is 14.5 Å². The maximum absolute atomic E-state index is 12.2. The highest BCUT2D eigenvalue weighted by atomic mass is 32.2. The molecular formula is C16H26N4O2S2. The molecule has 1 aromatic carbocycles. The van der Waals surface area contributed by atoms with E-state index in [1.165, 1.54) is 31.2 Å². The van der Waals surface area contributed by atoms with Crippen LogP contribution in [0.5, 0.6) is 0 Å². The van der Waals surface area contributed by atoms with E-state index in [0.717, 1.165) is 19.6 Å². The second-order valence-electron chi connectivity index (χ2n) is 6.07. The van der Waals surface area contributed by atoms with Gasteiger partial charge in [0.1, 0.15) is 0 Å². The first-order valence-electron chi connectivity index (χ1n) is 8.16. The average Bonchev–Trinajstić information content (AvgIpc) is 3.00. The average molecular weight is 371 g/mol. The van der Waals surface area contributed by atoms with Crippen LogP contribution in [0.4, 0.5) is 5.69 Å². The van der Waals surface area contributed by atoms with Crippen molar-refractivity contribution in [2.24, 2.45) is 0 Å². The van der Waals surface area contributed by atoms with Crippen LogP contribution in [-0.2, 0) is 10.0 Å². The van der Waals surface area contributed by atoms with Crippen LogP contribution in [0.1, 0.15) is 19.8 Å². The number of benzene rings is 1. The molecule has 0 amide bonds. The normalized spacial score (nSPS) is 18.8. The summed E-state index contributed by atoms with van der Waals surface area (Å²) in [7, 11) is -0.415. The molecule has 24 heavy (non-hydrogen) atoms. The summed E-state index contributed by atoms with van der Waals surface area (Å²) in [5.41, 5.74) is 0.661. The molecule has 1 aromatic rings. The van der Waals surface area contributed by atoms with Crippen LogP contribution in [-0.4, -0.2) is 62.5 Å². The number of anilines is 1. The Bertz CT molecular complexity index is 676. The minimum atomic E-state index is -3.45. The summed E-state index contributed by atoms with van der Waals surface area (Å²) >= 11 is 5.33. The van der Waals surface area contributed by atoms with Crippen molar-refractivity contribution in [2.45, 2.75) is 30.7 Å². The van der Waals surface area contributed by atoms with E-state index in [-0.39, 0.29) is 4.90 Å². The second kappa shape index (κ2) is 8.24. The molecule has 0 radical (unpaired) electrons. The number of rotatable bonds is 6. The minimum absolute atomic E-state index is 0.244. The van der Waals surface area contributed by atoms with Crippen LogP contribution < -0.4 is 10.6 Å². The van der Waals surface area contributed by atoms with Crippen LogP contribution in [0.2, 0.25) is 0 Å². The Labute approximate surface area is 150 Å². The molecule has 134 valence electrons. The predicted octanol–water partition coefficient (Wildman–Crippen LogP) is 1.71. The highest BCUT2D eigenvalue weighted by Gasteiger charge is 2.22. The largest absolute Gasteiger partial charge is 0.361 e. The van der Waals surface area contributed by atoms with Gasteiger partial charge in [0.15, 0.2) is 5.11 Å². The lowest BCUT2D eigenvalue weighted by atomic mass is 10.2. The van der Waals surface area contributed by atoms with E-state index in [4.69, 9.17) is 12.2 Å². The molecule has 1 atom stereocenters. The molecule has 2 N–H and O–H groups in total. The zero-order valence-electron chi connectivity index (χ0n) is 14.4. The van der Waals surface area contributed by atoms with E-state index < -0.39 is 10.0 Å². The van der Waals surface area contributed by atoms with Crippen LogP contribution in [0.25, 0.3) is 0 Å². The molecule has 8 heteroatoms. The molecule has 0 bridgehead atoms. The quantitative estimate of drug-likeness (QED) is 0.743. The third kappa shape index (κ3) is 4.66. The molecule has 0 saturated carbocycles. The summed E-state index contributed by atoms with van der Waals surface area (Å²) in [6, 6.07) is 7.19. The van der Waals surface area contributed by atoms with Crippen LogP contribution >= 0.6 is 12.2 Å². The Hall–Kier alpha value is -1.22. The van der Waals surface area contributed by atoms with Gasteiger partial charge in [-0.25, -0.2) is 12.7 Å². The van der Waals surface area contributed by atoms with Gasteiger partial charge in [0.2, 0.25) is 10.0 Å². The van der Waals surface area contributed by atoms with Crippen LogP contribution in [0.15, 0.2) is 29.2 Å². The lowest BCUT2D eigenvalue weighted by molar-refractivity contribution is 0.267. The highest BCUT2D eigenvalue weighted by molar-refractivity contribution is 7.89. The standard InChI is InChI=1S/C16H26N4O2S2/c1-4-20-10-6-8-14(20)12-17-16(23)18-13-7-5-9-15(11-13)24(21,22)19(2)3/h5,7,9,11,14H,4,6,8,10,12H2,1-3H3,(H2,17,18,23). The fourth-order valence-corrected chi connectivity index (χ4v) is 4.02. The van der Waals surface area contributed by atoms with E-state index in [2.05, 4.69) is 22.5 Å². The summed E-state index contributed by atoms with van der Waals surface area (Å²) in [6.45, 7) is 5.17. The molecule has 0 spiro atoms. The Balaban J connectivity index is 1.95. The number of sulfonamides is 1. The van der Waals surface area contributed by atoms with Crippen molar-refractivity contribution in [3.63, 3.8) is 0 Å². The highest BCUT2D eigenvalue weighted by Crippen LogP contribution is 2.18. The maximum Gasteiger partial charge on any atom is 0.242 e. The summed E-state index contributed by atoms with van der Waals surface area (Å²) < 4.78 is 25.6. The fraction of sp³-hybridized carbons (Fsp3) is 0.562. The predicted molar refractivity (Wildman–Crippen MR) is 102 cm³/mol. The monoisotopic (exact) mass is 370 g/mol. The fourth-order valence-electron chi connectivity index (χ4n) is 2.87. The molecule has 1 aliphatic rings. The molecule has 2 rings (SSSR count). The van der Waals surface area contributed by atoms with Gasteiger partial charge in [0, 0.05) is 32.4 Å². The third-order valence-electron chi connectivity index (χ3n) is 4.27. The van der Waals surface area contributed by atoms with E-state index in [1.807, 2.05) is 0 Å². The Morgan fingerprint density at radius 3 is 2.83 bits per heavy atom. The van der Waals surface area contributed by atoms with Gasteiger partial charge in [-0.15, -0.1) is 0 Å². The van der Waals surface area contributed by atoms with Crippen molar-refractivity contribution >= 4 is 33.0 Å². The number of hydrogen-bond donors (Lipinski definition) is 2. The van der Waals surface area contributed by atoms with Crippen molar-refractivity contribution in [3.05, 3.63) is 24.3 Å².